The fourth-order valence-electron chi connectivity index (χ4n) is 3.41. The number of benzene rings is 2. The van der Waals surface area contributed by atoms with Crippen LogP contribution in [-0.2, 0) is 16.4 Å². The van der Waals surface area contributed by atoms with Crippen molar-refractivity contribution >= 4 is 13.9 Å². The van der Waals surface area contributed by atoms with E-state index < -0.39 is 0 Å². The summed E-state index contributed by atoms with van der Waals surface area (Å²) in [6, 6.07) is 12.8. The van der Waals surface area contributed by atoms with Gasteiger partial charge in [0.2, 0.25) is 0 Å². The van der Waals surface area contributed by atoms with E-state index >= 15 is 0 Å². The summed E-state index contributed by atoms with van der Waals surface area (Å²) in [5.74, 6) is 1.52. The van der Waals surface area contributed by atoms with Crippen LogP contribution >= 0.6 is 8.58 Å². The Morgan fingerprint density at radius 1 is 1.00 bits per heavy atom. The first kappa shape index (κ1) is 24.7. The van der Waals surface area contributed by atoms with E-state index in [1.54, 1.807) is 14.2 Å². The van der Waals surface area contributed by atoms with Crippen molar-refractivity contribution in [1.29, 1.82) is 0 Å². The zero-order valence-corrected chi connectivity index (χ0v) is 20.8. The van der Waals surface area contributed by atoms with Gasteiger partial charge in [-0.1, -0.05) is 52.8 Å². The second-order valence-corrected chi connectivity index (χ2v) is 10.8. The summed E-state index contributed by atoms with van der Waals surface area (Å²) in [5, 5.41) is 5.00. The normalized spacial score (nSPS) is 14.1. The number of hydrogen-bond acceptors (Lipinski definition) is 4. The zero-order valence-electron chi connectivity index (χ0n) is 19.8. The summed E-state index contributed by atoms with van der Waals surface area (Å²) in [4.78, 5) is 0. The molecule has 166 valence electrons. The minimum Gasteiger partial charge on any atom is -0.493 e. The summed E-state index contributed by atoms with van der Waals surface area (Å²) in [5.41, 5.74) is 3.94. The predicted octanol–water partition coefficient (Wildman–Crippen LogP) is 5.50. The Kier molecular flexibility index (Phi) is 8.73. The highest BCUT2D eigenvalue weighted by molar-refractivity contribution is 7.48. The van der Waals surface area contributed by atoms with Crippen molar-refractivity contribution < 1.29 is 14.2 Å². The lowest BCUT2D eigenvalue weighted by Gasteiger charge is -2.33. The maximum Gasteiger partial charge on any atom is 0.188 e. The molecule has 1 N–H and O–H groups in total. The summed E-state index contributed by atoms with van der Waals surface area (Å²) >= 11 is 0. The molecule has 0 heterocycles. The Morgan fingerprint density at radius 3 is 2.30 bits per heavy atom. The van der Waals surface area contributed by atoms with Crippen LogP contribution in [0.2, 0.25) is 0 Å². The largest absolute Gasteiger partial charge is 0.493 e. The van der Waals surface area contributed by atoms with Crippen LogP contribution in [-0.4, -0.2) is 26.6 Å². The lowest BCUT2D eigenvalue weighted by atomic mass is 9.96. The van der Waals surface area contributed by atoms with Crippen molar-refractivity contribution in [3.05, 3.63) is 53.1 Å². The predicted molar refractivity (Wildman–Crippen MR) is 129 cm³/mol. The van der Waals surface area contributed by atoms with E-state index in [0.29, 0.717) is 8.58 Å². The van der Waals surface area contributed by atoms with Crippen molar-refractivity contribution in [2.75, 3.05) is 21.0 Å². The first-order chi connectivity index (χ1) is 14.1. The van der Waals surface area contributed by atoms with Gasteiger partial charge in [-0.25, -0.2) is 0 Å². The Labute approximate surface area is 184 Å². The van der Waals surface area contributed by atoms with E-state index in [9.17, 15) is 0 Å². The smallest absolute Gasteiger partial charge is 0.188 e. The highest BCUT2D eigenvalue weighted by atomic mass is 31.1. The van der Waals surface area contributed by atoms with E-state index in [1.807, 2.05) is 12.1 Å². The average molecular weight is 432 g/mol. The highest BCUT2D eigenvalue weighted by Gasteiger charge is 2.31. The van der Waals surface area contributed by atoms with Gasteiger partial charge in [-0.3, -0.25) is 0 Å². The number of methoxy groups -OCH3 is 2. The summed E-state index contributed by atoms with van der Waals surface area (Å²) < 4.78 is 16.8. The maximum absolute atomic E-state index is 5.99. The van der Waals surface area contributed by atoms with E-state index in [0.717, 1.165) is 30.0 Å². The molecule has 4 nitrogen and oxygen atoms in total. The number of aryl methyl sites for hydroxylation is 1. The molecule has 0 spiro atoms. The fraction of sp³-hybridized carbons (Fsp3) is 0.520. The van der Waals surface area contributed by atoms with E-state index in [2.05, 4.69) is 71.1 Å². The molecule has 0 radical (unpaired) electrons. The van der Waals surface area contributed by atoms with Gasteiger partial charge in [0.25, 0.3) is 0 Å². The molecule has 2 aromatic carbocycles. The summed E-state index contributed by atoms with van der Waals surface area (Å²) in [6.07, 6.45) is 0.989. The lowest BCUT2D eigenvalue weighted by Crippen LogP contribution is -2.36. The minimum atomic E-state index is -0.0831. The van der Waals surface area contributed by atoms with Gasteiger partial charge in [-0.2, -0.15) is 0 Å². The molecule has 2 rings (SSSR count). The van der Waals surface area contributed by atoms with Crippen molar-refractivity contribution in [1.82, 2.24) is 5.32 Å². The monoisotopic (exact) mass is 431 g/mol. The first-order valence-corrected chi connectivity index (χ1v) is 11.6. The Bertz CT molecular complexity index is 832. The molecule has 0 aliphatic heterocycles. The van der Waals surface area contributed by atoms with Gasteiger partial charge in [0.05, 0.1) is 7.11 Å². The van der Waals surface area contributed by atoms with Crippen LogP contribution in [0.15, 0.2) is 36.4 Å². The first-order valence-electron chi connectivity index (χ1n) is 10.6. The van der Waals surface area contributed by atoms with Crippen LogP contribution < -0.4 is 20.1 Å². The van der Waals surface area contributed by atoms with Gasteiger partial charge in [0.15, 0.2) is 18.3 Å². The van der Waals surface area contributed by atoms with Gasteiger partial charge >= 0.3 is 0 Å². The topological polar surface area (TPSA) is 39.7 Å². The van der Waals surface area contributed by atoms with Crippen molar-refractivity contribution in [3.63, 3.8) is 0 Å². The number of para-hydroxylation sites is 1. The number of hydrogen-bond donors (Lipinski definition) is 1. The van der Waals surface area contributed by atoms with E-state index in [-0.39, 0.29) is 17.5 Å². The molecule has 0 aromatic heterocycles. The van der Waals surface area contributed by atoms with E-state index in [4.69, 9.17) is 14.2 Å². The third kappa shape index (κ3) is 6.20. The lowest BCUT2D eigenvalue weighted by molar-refractivity contribution is 0.0480. The second-order valence-electron chi connectivity index (χ2n) is 8.91. The molecule has 0 aliphatic rings. The molecule has 0 amide bonds. The molecule has 2 unspecified atom stereocenters. The minimum absolute atomic E-state index is 0.0755. The van der Waals surface area contributed by atoms with Crippen LogP contribution in [0.3, 0.4) is 0 Å². The van der Waals surface area contributed by atoms with Crippen LogP contribution in [0.1, 0.15) is 57.7 Å². The van der Waals surface area contributed by atoms with Gasteiger partial charge in [-0.15, -0.1) is 0 Å². The molecule has 2 atom stereocenters. The van der Waals surface area contributed by atoms with E-state index in [1.165, 1.54) is 16.4 Å². The molecule has 0 saturated carbocycles. The summed E-state index contributed by atoms with van der Waals surface area (Å²) in [7, 11) is 3.92. The molecule has 0 aliphatic carbocycles. The van der Waals surface area contributed by atoms with Crippen molar-refractivity contribution in [3.8, 4) is 11.5 Å². The molecular weight excluding hydrogens is 393 g/mol. The second kappa shape index (κ2) is 10.6. The quantitative estimate of drug-likeness (QED) is 0.398. The van der Waals surface area contributed by atoms with Gasteiger partial charge in [0, 0.05) is 29.9 Å². The number of nitrogens with one attached hydrogen (secondary N) is 1. The van der Waals surface area contributed by atoms with Gasteiger partial charge in [-0.05, 0) is 56.6 Å². The van der Waals surface area contributed by atoms with Crippen LogP contribution in [0.4, 0.5) is 0 Å². The van der Waals surface area contributed by atoms with Gasteiger partial charge < -0.3 is 19.5 Å². The molecule has 0 bridgehead atoms. The van der Waals surface area contributed by atoms with Crippen LogP contribution in [0.25, 0.3) is 0 Å². The van der Waals surface area contributed by atoms with Crippen LogP contribution in [0, 0.1) is 6.92 Å². The Hall–Kier alpha value is -1.61. The molecule has 5 heteroatoms. The third-order valence-corrected chi connectivity index (χ3v) is 7.53. The molecule has 30 heavy (non-hydrogen) atoms. The van der Waals surface area contributed by atoms with Crippen molar-refractivity contribution in [2.45, 2.75) is 65.2 Å². The number of rotatable bonds is 10. The molecular formula is C25H38NO3P. The van der Waals surface area contributed by atoms with Crippen LogP contribution in [0.5, 0.6) is 11.5 Å². The molecule has 0 saturated heterocycles. The fourth-order valence-corrected chi connectivity index (χ4v) is 5.09. The highest BCUT2D eigenvalue weighted by Crippen LogP contribution is 2.50. The summed E-state index contributed by atoms with van der Waals surface area (Å²) in [6.45, 7) is 14.5. The third-order valence-electron chi connectivity index (χ3n) is 5.39. The van der Waals surface area contributed by atoms with Crippen molar-refractivity contribution in [2.24, 2.45) is 0 Å². The maximum atomic E-state index is 5.99. The Balaban J connectivity index is 2.48. The van der Waals surface area contributed by atoms with Gasteiger partial charge in [0.1, 0.15) is 0 Å². The SMILES string of the molecule is CCC(C)(Pc1c(C)cccc1CNC(C)(C)C)c1cccc(OC)c1OCOC. The zero-order chi connectivity index (χ0) is 22.4. The molecule has 2 aromatic rings. The molecule has 0 fully saturated rings. The number of ether oxygens (including phenoxy) is 3. The Morgan fingerprint density at radius 2 is 1.70 bits per heavy atom. The standard InChI is InChI=1S/C25H38NO3P/c1-9-25(6,20-14-11-15-21(28-8)22(20)29-17-27-7)30-23-18(2)12-10-13-19(23)16-26-24(3,4)5/h10-15,26,30H,9,16-17H2,1-8H3. The average Bonchev–Trinajstić information content (AvgIpc) is 2.71.